The third-order valence-electron chi connectivity index (χ3n) is 2.97. The monoisotopic (exact) mass is 296 g/mol. The Hall–Kier alpha value is -2.08. The summed E-state index contributed by atoms with van der Waals surface area (Å²) in [6.07, 6.45) is 1.40. The lowest BCUT2D eigenvalue weighted by molar-refractivity contribution is 0.0774. The molecule has 0 radical (unpaired) electrons. The van der Waals surface area contributed by atoms with E-state index in [2.05, 4.69) is 5.10 Å². The minimum Gasteiger partial charge on any atom is -0.396 e. The van der Waals surface area contributed by atoms with Crippen LogP contribution in [0.15, 0.2) is 24.4 Å². The predicted molar refractivity (Wildman–Crippen MR) is 74.8 cm³/mol. The van der Waals surface area contributed by atoms with Gasteiger partial charge in [0.15, 0.2) is 0 Å². The van der Waals surface area contributed by atoms with Crippen LogP contribution < -0.4 is 5.73 Å². The fraction of sp³-hybridized carbons (Fsp3) is 0.231. The second-order valence-corrected chi connectivity index (χ2v) is 4.84. The molecule has 0 atom stereocenters. The first kappa shape index (κ1) is 14.3. The van der Waals surface area contributed by atoms with Crippen molar-refractivity contribution in [2.75, 3.05) is 12.8 Å². The Kier molecular flexibility index (Phi) is 3.94. The third-order valence-corrected chi connectivity index (χ3v) is 3.33. The number of nitrogen functional groups attached to an aromatic ring is 1. The standard InChI is InChI=1S/C13H14ClFN4O/c1-18(7-8-9(14)4-3-5-10(8)15)13(20)12-11(16)6-17-19(12)2/h3-6H,7,16H2,1-2H3. The van der Waals surface area contributed by atoms with Crippen molar-refractivity contribution in [3.8, 4) is 0 Å². The Bertz CT molecular complexity index is 616. The average Bonchev–Trinajstić information content (AvgIpc) is 2.72. The lowest BCUT2D eigenvalue weighted by Gasteiger charge is -2.18. The first-order valence-corrected chi connectivity index (χ1v) is 6.25. The third kappa shape index (κ3) is 2.60. The van der Waals surface area contributed by atoms with Gasteiger partial charge in [0.1, 0.15) is 11.5 Å². The molecular formula is C13H14ClFN4O. The first-order valence-electron chi connectivity index (χ1n) is 5.87. The number of nitrogens with two attached hydrogens (primary N) is 1. The van der Waals surface area contributed by atoms with E-state index in [0.717, 1.165) is 0 Å². The summed E-state index contributed by atoms with van der Waals surface area (Å²) in [5, 5.41) is 4.19. The fourth-order valence-corrected chi connectivity index (χ4v) is 2.11. The molecule has 2 N–H and O–H groups in total. The number of carbonyl (C=O) groups excluding carboxylic acids is 1. The largest absolute Gasteiger partial charge is 0.396 e. The Balaban J connectivity index is 2.25. The van der Waals surface area contributed by atoms with Crippen LogP contribution in [0.25, 0.3) is 0 Å². The van der Waals surface area contributed by atoms with Crippen LogP contribution in [0.2, 0.25) is 5.02 Å². The molecule has 0 saturated heterocycles. The van der Waals surface area contributed by atoms with E-state index in [4.69, 9.17) is 17.3 Å². The molecule has 0 bridgehead atoms. The van der Waals surface area contributed by atoms with E-state index >= 15 is 0 Å². The normalized spacial score (nSPS) is 10.6. The van der Waals surface area contributed by atoms with Gasteiger partial charge < -0.3 is 10.6 Å². The zero-order valence-electron chi connectivity index (χ0n) is 11.1. The number of hydrogen-bond acceptors (Lipinski definition) is 3. The lowest BCUT2D eigenvalue weighted by Crippen LogP contribution is -2.29. The quantitative estimate of drug-likeness (QED) is 0.943. The number of halogens is 2. The summed E-state index contributed by atoms with van der Waals surface area (Å²) in [6, 6.07) is 4.40. The van der Waals surface area contributed by atoms with Gasteiger partial charge in [0.25, 0.3) is 5.91 Å². The summed E-state index contributed by atoms with van der Waals surface area (Å²) < 4.78 is 15.1. The minimum atomic E-state index is -0.449. The van der Waals surface area contributed by atoms with Gasteiger partial charge in [-0.2, -0.15) is 5.10 Å². The summed E-state index contributed by atoms with van der Waals surface area (Å²) in [5.74, 6) is -0.794. The first-order chi connectivity index (χ1) is 9.41. The number of carbonyl (C=O) groups is 1. The molecule has 2 aromatic rings. The zero-order valence-corrected chi connectivity index (χ0v) is 11.9. The maximum atomic E-state index is 13.7. The van der Waals surface area contributed by atoms with E-state index in [1.54, 1.807) is 20.2 Å². The molecule has 0 fully saturated rings. The number of aryl methyl sites for hydroxylation is 1. The van der Waals surface area contributed by atoms with Gasteiger partial charge in [-0.25, -0.2) is 4.39 Å². The lowest BCUT2D eigenvalue weighted by atomic mass is 10.2. The van der Waals surface area contributed by atoms with Crippen molar-refractivity contribution >= 4 is 23.2 Å². The van der Waals surface area contributed by atoms with Crippen molar-refractivity contribution in [2.24, 2.45) is 7.05 Å². The van der Waals surface area contributed by atoms with Gasteiger partial charge in [0.2, 0.25) is 0 Å². The van der Waals surface area contributed by atoms with Crippen LogP contribution >= 0.6 is 11.6 Å². The number of hydrogen-bond donors (Lipinski definition) is 1. The minimum absolute atomic E-state index is 0.0506. The second-order valence-electron chi connectivity index (χ2n) is 4.43. The van der Waals surface area contributed by atoms with Gasteiger partial charge in [-0.05, 0) is 12.1 Å². The van der Waals surface area contributed by atoms with Gasteiger partial charge in [-0.3, -0.25) is 9.48 Å². The molecule has 7 heteroatoms. The molecule has 0 aliphatic heterocycles. The van der Waals surface area contributed by atoms with Crippen LogP contribution in [0.3, 0.4) is 0 Å². The maximum Gasteiger partial charge on any atom is 0.274 e. The molecule has 1 aromatic heterocycles. The van der Waals surface area contributed by atoms with E-state index in [1.165, 1.54) is 27.9 Å². The molecule has 1 aromatic carbocycles. The van der Waals surface area contributed by atoms with E-state index in [-0.39, 0.29) is 34.4 Å². The summed E-state index contributed by atoms with van der Waals surface area (Å²) >= 11 is 5.95. The summed E-state index contributed by atoms with van der Waals surface area (Å²) in [6.45, 7) is 0.0506. The van der Waals surface area contributed by atoms with Crippen LogP contribution in [0.1, 0.15) is 16.1 Å². The van der Waals surface area contributed by atoms with Gasteiger partial charge >= 0.3 is 0 Å². The van der Waals surface area contributed by atoms with Crippen LogP contribution in [0.5, 0.6) is 0 Å². The number of anilines is 1. The fourth-order valence-electron chi connectivity index (χ4n) is 1.89. The van der Waals surface area contributed by atoms with Gasteiger partial charge in [-0.1, -0.05) is 17.7 Å². The van der Waals surface area contributed by atoms with Crippen molar-refractivity contribution in [3.05, 3.63) is 46.5 Å². The molecule has 106 valence electrons. The van der Waals surface area contributed by atoms with Gasteiger partial charge in [-0.15, -0.1) is 0 Å². The molecule has 0 saturated carbocycles. The topological polar surface area (TPSA) is 64.2 Å². The molecular weight excluding hydrogens is 283 g/mol. The SMILES string of the molecule is CN(Cc1c(F)cccc1Cl)C(=O)c1c(N)cnn1C. The number of benzene rings is 1. The van der Waals surface area contributed by atoms with E-state index in [1.807, 2.05) is 0 Å². The van der Waals surface area contributed by atoms with E-state index in [9.17, 15) is 9.18 Å². The zero-order chi connectivity index (χ0) is 14.9. The summed E-state index contributed by atoms with van der Waals surface area (Å²) in [7, 11) is 3.17. The molecule has 5 nitrogen and oxygen atoms in total. The Morgan fingerprint density at radius 2 is 2.25 bits per heavy atom. The van der Waals surface area contributed by atoms with Crippen molar-refractivity contribution in [3.63, 3.8) is 0 Å². The smallest absolute Gasteiger partial charge is 0.274 e. The van der Waals surface area contributed by atoms with Crippen LogP contribution in [-0.4, -0.2) is 27.6 Å². The Morgan fingerprint density at radius 1 is 1.55 bits per heavy atom. The average molecular weight is 297 g/mol. The molecule has 0 unspecified atom stereocenters. The van der Waals surface area contributed by atoms with E-state index < -0.39 is 5.82 Å². The van der Waals surface area contributed by atoms with Crippen LogP contribution in [0, 0.1) is 5.82 Å². The van der Waals surface area contributed by atoms with Crippen LogP contribution in [-0.2, 0) is 13.6 Å². The highest BCUT2D eigenvalue weighted by Gasteiger charge is 2.20. The van der Waals surface area contributed by atoms with Crippen LogP contribution in [0.4, 0.5) is 10.1 Å². The number of aromatic nitrogens is 2. The van der Waals surface area contributed by atoms with Gasteiger partial charge in [0.05, 0.1) is 18.4 Å². The summed E-state index contributed by atoms with van der Waals surface area (Å²) in [5.41, 5.74) is 6.52. The Labute approximate surface area is 120 Å². The molecule has 1 heterocycles. The van der Waals surface area contributed by atoms with Gasteiger partial charge in [0, 0.05) is 24.7 Å². The highest BCUT2D eigenvalue weighted by atomic mass is 35.5. The highest BCUT2D eigenvalue weighted by molar-refractivity contribution is 6.31. The number of amides is 1. The van der Waals surface area contributed by atoms with E-state index in [0.29, 0.717) is 0 Å². The highest BCUT2D eigenvalue weighted by Crippen LogP contribution is 2.21. The Morgan fingerprint density at radius 3 is 2.80 bits per heavy atom. The van der Waals surface area contributed by atoms with Crippen molar-refractivity contribution in [1.82, 2.24) is 14.7 Å². The van der Waals surface area contributed by atoms with Crippen molar-refractivity contribution in [2.45, 2.75) is 6.54 Å². The molecule has 1 amide bonds. The molecule has 20 heavy (non-hydrogen) atoms. The van der Waals surface area contributed by atoms with Crippen molar-refractivity contribution in [1.29, 1.82) is 0 Å². The second kappa shape index (κ2) is 5.50. The maximum absolute atomic E-state index is 13.7. The molecule has 2 rings (SSSR count). The molecule has 0 aliphatic rings. The molecule has 0 aliphatic carbocycles. The number of nitrogens with zero attached hydrogens (tertiary/aromatic N) is 3. The summed E-state index contributed by atoms with van der Waals surface area (Å²) in [4.78, 5) is 13.6. The number of rotatable bonds is 3. The molecule has 0 spiro atoms. The van der Waals surface area contributed by atoms with Crippen molar-refractivity contribution < 1.29 is 9.18 Å². The predicted octanol–water partition coefficient (Wildman–Crippen LogP) is 2.07.